The summed E-state index contributed by atoms with van der Waals surface area (Å²) in [6.07, 6.45) is -0.842. The van der Waals surface area contributed by atoms with Crippen LogP contribution in [0.1, 0.15) is 16.2 Å². The second kappa shape index (κ2) is 7.84. The molecule has 0 fully saturated rings. The molecule has 0 saturated heterocycles. The van der Waals surface area contributed by atoms with Crippen LogP contribution in [0.15, 0.2) is 4.99 Å². The van der Waals surface area contributed by atoms with Crippen LogP contribution in [0, 0.1) is 6.92 Å². The number of ether oxygens (including phenoxy) is 2. The number of nitrogens with zero attached hydrogens (tertiary/aromatic N) is 4. The van der Waals surface area contributed by atoms with Crippen LogP contribution in [0.25, 0.3) is 0 Å². The average Bonchev–Trinajstić information content (AvgIpc) is 3.29. The predicted molar refractivity (Wildman–Crippen MR) is 96.3 cm³/mol. The number of hydrogen-bond acceptors (Lipinski definition) is 10. The van der Waals surface area contributed by atoms with Gasteiger partial charge in [-0.1, -0.05) is 0 Å². The van der Waals surface area contributed by atoms with E-state index in [9.17, 15) is 19.5 Å². The molecule has 0 bridgehead atoms. The number of alkyl carbamates (subject to hydrolysis) is 1. The fourth-order valence-electron chi connectivity index (χ4n) is 3.35. The maximum atomic E-state index is 12.9. The lowest BCUT2D eigenvalue weighted by molar-refractivity contribution is -0.130. The Morgan fingerprint density at radius 3 is 2.96 bits per heavy atom. The Morgan fingerprint density at radius 2 is 2.29 bits per heavy atom. The highest BCUT2D eigenvalue weighted by Gasteiger charge is 2.43. The maximum Gasteiger partial charge on any atom is 0.407 e. The number of aliphatic imine (C=N–C) groups is 1. The van der Waals surface area contributed by atoms with Crippen molar-refractivity contribution in [2.24, 2.45) is 4.99 Å². The Bertz CT molecular complexity index is 808. The fourth-order valence-corrected chi connectivity index (χ4v) is 3.35. The van der Waals surface area contributed by atoms with Crippen LogP contribution in [-0.2, 0) is 20.7 Å². The first-order valence-electron chi connectivity index (χ1n) is 8.59. The summed E-state index contributed by atoms with van der Waals surface area (Å²) in [5, 5.41) is 16.0. The van der Waals surface area contributed by atoms with E-state index in [1.807, 2.05) is 0 Å². The molecule has 12 nitrogen and oxygen atoms in total. The van der Waals surface area contributed by atoms with Gasteiger partial charge in [-0.3, -0.25) is 14.2 Å². The molecular formula is C16H22N6O6. The number of anilines is 1. The van der Waals surface area contributed by atoms with Crippen LogP contribution in [0.5, 0.6) is 0 Å². The van der Waals surface area contributed by atoms with Gasteiger partial charge in [0.1, 0.15) is 12.6 Å². The third kappa shape index (κ3) is 3.38. The lowest BCUT2D eigenvalue weighted by Crippen LogP contribution is -2.55. The van der Waals surface area contributed by atoms with Crippen molar-refractivity contribution < 1.29 is 29.0 Å². The number of carbonyl (C=O) groups is 3. The lowest BCUT2D eigenvalue weighted by Gasteiger charge is -2.33. The van der Waals surface area contributed by atoms with Crippen LogP contribution < -0.4 is 15.5 Å². The van der Waals surface area contributed by atoms with Crippen molar-refractivity contribution in [3.63, 3.8) is 0 Å². The minimum Gasteiger partial charge on any atom is -0.466 e. The Labute approximate surface area is 160 Å². The molecule has 3 rings (SSSR count). The number of aromatic nitrogens is 2. The normalized spacial score (nSPS) is 22.0. The molecule has 12 heteroatoms. The highest BCUT2D eigenvalue weighted by molar-refractivity contribution is 5.94. The number of amides is 1. The topological polar surface area (TPSA) is 147 Å². The summed E-state index contributed by atoms with van der Waals surface area (Å²) in [6, 6.07) is -1.48. The molecule has 2 aliphatic rings. The van der Waals surface area contributed by atoms with Crippen molar-refractivity contribution >= 4 is 30.8 Å². The van der Waals surface area contributed by atoms with Crippen LogP contribution in [-0.4, -0.2) is 84.6 Å². The molecule has 152 valence electrons. The number of fused-ring (bicyclic) bond motifs is 2. The van der Waals surface area contributed by atoms with E-state index in [0.29, 0.717) is 17.3 Å². The molecule has 1 aromatic rings. The standard InChI is InChI=1S/C16H22N6O6/c1-8-10(4-11(24)9(5-28-7-23)20-16(26)27-3)22-14(25)12-13(18-6-17-12)21(2)15(22)19-8/h6-7,9,11-13,24H,4-5H2,1-3H3,(H,17,18)(H,20,26). The molecule has 3 heterocycles. The predicted octanol–water partition coefficient (Wildman–Crippen LogP) is -1.59. The van der Waals surface area contributed by atoms with E-state index < -0.39 is 24.3 Å². The van der Waals surface area contributed by atoms with Gasteiger partial charge in [-0.25, -0.2) is 14.8 Å². The lowest BCUT2D eigenvalue weighted by atomic mass is 10.0. The molecule has 4 unspecified atom stereocenters. The van der Waals surface area contributed by atoms with Gasteiger partial charge >= 0.3 is 6.09 Å². The van der Waals surface area contributed by atoms with Crippen molar-refractivity contribution in [1.82, 2.24) is 20.2 Å². The van der Waals surface area contributed by atoms with E-state index in [2.05, 4.69) is 30.1 Å². The Morgan fingerprint density at radius 1 is 1.54 bits per heavy atom. The monoisotopic (exact) mass is 394 g/mol. The third-order valence-electron chi connectivity index (χ3n) is 4.83. The number of methoxy groups -OCH3 is 1. The minimum absolute atomic E-state index is 0.00641. The van der Waals surface area contributed by atoms with Gasteiger partial charge in [-0.2, -0.15) is 0 Å². The van der Waals surface area contributed by atoms with E-state index >= 15 is 0 Å². The zero-order valence-electron chi connectivity index (χ0n) is 15.7. The van der Waals surface area contributed by atoms with Crippen molar-refractivity contribution in [3.05, 3.63) is 11.4 Å². The molecule has 28 heavy (non-hydrogen) atoms. The summed E-state index contributed by atoms with van der Waals surface area (Å²) in [7, 11) is 2.96. The first kappa shape index (κ1) is 19.6. The molecular weight excluding hydrogens is 372 g/mol. The summed E-state index contributed by atoms with van der Waals surface area (Å²) >= 11 is 0. The average molecular weight is 394 g/mol. The zero-order valence-corrected chi connectivity index (χ0v) is 15.7. The van der Waals surface area contributed by atoms with Gasteiger partial charge in [0.15, 0.2) is 6.17 Å². The first-order valence-corrected chi connectivity index (χ1v) is 8.59. The van der Waals surface area contributed by atoms with Gasteiger partial charge in [0.05, 0.1) is 37.0 Å². The number of aryl methyl sites for hydroxylation is 1. The van der Waals surface area contributed by atoms with E-state index in [1.165, 1.54) is 18.0 Å². The van der Waals surface area contributed by atoms with Crippen molar-refractivity contribution in [2.45, 2.75) is 37.7 Å². The Hall–Kier alpha value is -3.15. The van der Waals surface area contributed by atoms with E-state index in [-0.39, 0.29) is 31.6 Å². The molecule has 3 N–H and O–H groups in total. The number of aliphatic hydroxyl groups is 1. The number of nitrogens with one attached hydrogen (secondary N) is 2. The van der Waals surface area contributed by atoms with Gasteiger partial charge < -0.3 is 30.1 Å². The quantitative estimate of drug-likeness (QED) is 0.466. The number of carbonyl (C=O) groups excluding carboxylic acids is 3. The number of hydrogen-bond donors (Lipinski definition) is 3. The van der Waals surface area contributed by atoms with E-state index in [1.54, 1.807) is 18.9 Å². The van der Waals surface area contributed by atoms with E-state index in [4.69, 9.17) is 0 Å². The van der Waals surface area contributed by atoms with Crippen LogP contribution in [0.3, 0.4) is 0 Å². The summed E-state index contributed by atoms with van der Waals surface area (Å²) in [6.45, 7) is 1.69. The first-order chi connectivity index (χ1) is 13.4. The van der Waals surface area contributed by atoms with Gasteiger partial charge in [0.2, 0.25) is 5.95 Å². The van der Waals surface area contributed by atoms with Crippen LogP contribution >= 0.6 is 0 Å². The van der Waals surface area contributed by atoms with Gasteiger partial charge in [0.25, 0.3) is 12.4 Å². The third-order valence-corrected chi connectivity index (χ3v) is 4.83. The Kier molecular flexibility index (Phi) is 5.49. The molecule has 0 aromatic carbocycles. The second-order valence-electron chi connectivity index (χ2n) is 6.51. The molecule has 0 saturated carbocycles. The summed E-state index contributed by atoms with van der Waals surface area (Å²) < 4.78 is 10.7. The molecule has 1 aromatic heterocycles. The minimum atomic E-state index is -1.16. The number of imidazole rings is 1. The second-order valence-corrected chi connectivity index (χ2v) is 6.51. The zero-order chi connectivity index (χ0) is 20.4. The van der Waals surface area contributed by atoms with Crippen LogP contribution in [0.2, 0.25) is 0 Å². The van der Waals surface area contributed by atoms with Crippen LogP contribution in [0.4, 0.5) is 10.7 Å². The number of rotatable bonds is 7. The molecule has 0 spiro atoms. The van der Waals surface area contributed by atoms with Gasteiger partial charge in [0, 0.05) is 13.5 Å². The maximum absolute atomic E-state index is 12.9. The van der Waals surface area contributed by atoms with Crippen molar-refractivity contribution in [1.29, 1.82) is 0 Å². The largest absolute Gasteiger partial charge is 0.466 e. The molecule has 1 amide bonds. The smallest absolute Gasteiger partial charge is 0.407 e. The summed E-state index contributed by atoms with van der Waals surface area (Å²) in [5.74, 6) is 0.188. The van der Waals surface area contributed by atoms with Gasteiger partial charge in [-0.15, -0.1) is 0 Å². The summed E-state index contributed by atoms with van der Waals surface area (Å²) in [5.41, 5.74) is 1.06. The van der Waals surface area contributed by atoms with Crippen molar-refractivity contribution in [2.75, 3.05) is 25.7 Å². The van der Waals surface area contributed by atoms with E-state index in [0.717, 1.165) is 0 Å². The molecule has 0 aliphatic carbocycles. The molecule has 2 aliphatic heterocycles. The fraction of sp³-hybridized carbons (Fsp3) is 0.562. The molecule has 0 radical (unpaired) electrons. The highest BCUT2D eigenvalue weighted by atomic mass is 16.5. The number of likely N-dealkylation sites (N-methyl/N-ethyl adjacent to an activating group) is 1. The summed E-state index contributed by atoms with van der Waals surface area (Å²) in [4.78, 5) is 45.4. The van der Waals surface area contributed by atoms with Gasteiger partial charge in [-0.05, 0) is 6.92 Å². The van der Waals surface area contributed by atoms with Crippen molar-refractivity contribution in [3.8, 4) is 0 Å². The number of aliphatic hydroxyl groups excluding tert-OH is 1. The Balaban J connectivity index is 1.86. The SMILES string of the molecule is COC(=O)NC(COC=O)C(O)Cc1c(C)nc2n1C(=O)C1NC=NC1N2C. The molecule has 4 atom stereocenters. The highest BCUT2D eigenvalue weighted by Crippen LogP contribution is 2.29.